The minimum Gasteiger partial charge on any atom is -0.312 e. The van der Waals surface area contributed by atoms with Gasteiger partial charge in [0.2, 0.25) is 0 Å². The third kappa shape index (κ3) is 2.92. The Hall–Kier alpha value is -0.840. The Morgan fingerprint density at radius 3 is 2.70 bits per heavy atom. The molecule has 0 fully saturated rings. The van der Waals surface area contributed by atoms with Crippen LogP contribution < -0.4 is 5.32 Å². The first-order valence-electron chi connectivity index (χ1n) is 7.06. The number of thiophene rings is 1. The monoisotopic (exact) mass is 311 g/mol. The molecule has 2 heterocycles. The summed E-state index contributed by atoms with van der Waals surface area (Å²) in [7, 11) is 3.98. The van der Waals surface area contributed by atoms with E-state index >= 15 is 0 Å². The van der Waals surface area contributed by atoms with Crippen molar-refractivity contribution >= 4 is 22.9 Å². The lowest BCUT2D eigenvalue weighted by Gasteiger charge is -2.17. The van der Waals surface area contributed by atoms with Crippen molar-refractivity contribution in [1.29, 1.82) is 0 Å². The summed E-state index contributed by atoms with van der Waals surface area (Å²) >= 11 is 8.27. The number of aromatic nitrogens is 2. The predicted molar refractivity (Wildman–Crippen MR) is 86.8 cm³/mol. The number of hydrogen-bond donors (Lipinski definition) is 1. The summed E-state index contributed by atoms with van der Waals surface area (Å²) in [5, 5.41) is 10.9. The first-order chi connectivity index (χ1) is 9.62. The quantitative estimate of drug-likeness (QED) is 0.880. The highest BCUT2D eigenvalue weighted by Crippen LogP contribution is 2.30. The molecule has 0 spiro atoms. The Morgan fingerprint density at radius 2 is 2.15 bits per heavy atom. The maximum Gasteiger partial charge on any atom is 0.0850 e. The van der Waals surface area contributed by atoms with Gasteiger partial charge in [-0.2, -0.15) is 5.10 Å². The molecule has 1 N–H and O–H groups in total. The lowest BCUT2D eigenvalue weighted by molar-refractivity contribution is 0.565. The van der Waals surface area contributed by atoms with Gasteiger partial charge in [-0.1, -0.05) is 25.4 Å². The second-order valence-corrected chi connectivity index (χ2v) is 6.22. The number of nitrogens with zero attached hydrogens (tertiary/aromatic N) is 2. The van der Waals surface area contributed by atoms with E-state index < -0.39 is 0 Å². The van der Waals surface area contributed by atoms with Crippen LogP contribution in [0.25, 0.3) is 0 Å². The summed E-state index contributed by atoms with van der Waals surface area (Å²) in [6, 6.07) is 2.51. The number of likely N-dealkylation sites (N-methyl/N-ethyl adjacent to an activating group) is 1. The zero-order chi connectivity index (χ0) is 14.7. The van der Waals surface area contributed by atoms with E-state index in [4.69, 9.17) is 11.6 Å². The molecule has 0 amide bonds. The van der Waals surface area contributed by atoms with E-state index in [1.165, 1.54) is 10.4 Å². The van der Waals surface area contributed by atoms with Gasteiger partial charge in [0.15, 0.2) is 0 Å². The van der Waals surface area contributed by atoms with Gasteiger partial charge in [-0.25, -0.2) is 0 Å². The topological polar surface area (TPSA) is 29.9 Å². The molecule has 3 nitrogen and oxygen atoms in total. The fourth-order valence-corrected chi connectivity index (χ4v) is 3.99. The van der Waals surface area contributed by atoms with Crippen LogP contribution in [0.4, 0.5) is 0 Å². The van der Waals surface area contributed by atoms with Gasteiger partial charge in [0.05, 0.1) is 16.4 Å². The zero-order valence-electron chi connectivity index (χ0n) is 12.5. The Balaban J connectivity index is 2.29. The average Bonchev–Trinajstić information content (AvgIpc) is 3.02. The van der Waals surface area contributed by atoms with Crippen molar-refractivity contribution in [2.45, 2.75) is 39.2 Å². The molecule has 110 valence electrons. The van der Waals surface area contributed by atoms with Gasteiger partial charge >= 0.3 is 0 Å². The molecular formula is C15H22ClN3S. The van der Waals surface area contributed by atoms with E-state index in [9.17, 15) is 0 Å². The van der Waals surface area contributed by atoms with E-state index in [1.54, 1.807) is 0 Å². The maximum atomic E-state index is 6.46. The molecule has 0 saturated heterocycles. The van der Waals surface area contributed by atoms with Crippen LogP contribution in [0.5, 0.6) is 0 Å². The molecule has 1 atom stereocenters. The Labute approximate surface area is 130 Å². The standard InChI is InChI=1S/C15H22ClN3S/c1-5-10-7-8-20-15(10)12(17-3)9-13-14(16)11(6-2)18-19(13)4/h7-8,12,17H,5-6,9H2,1-4H3. The predicted octanol–water partition coefficient (Wildman–Crippen LogP) is 3.76. The number of halogens is 1. The first kappa shape index (κ1) is 15.5. The number of rotatable bonds is 6. The van der Waals surface area contributed by atoms with Crippen molar-refractivity contribution in [3.63, 3.8) is 0 Å². The van der Waals surface area contributed by atoms with Crippen molar-refractivity contribution in [2.75, 3.05) is 7.05 Å². The average molecular weight is 312 g/mol. The second-order valence-electron chi connectivity index (χ2n) is 4.89. The van der Waals surface area contributed by atoms with Gasteiger partial charge in [-0.05, 0) is 36.9 Å². The zero-order valence-corrected chi connectivity index (χ0v) is 14.1. The normalized spacial score (nSPS) is 12.8. The molecule has 5 heteroatoms. The smallest absolute Gasteiger partial charge is 0.0850 e. The summed E-state index contributed by atoms with van der Waals surface area (Å²) < 4.78 is 1.92. The summed E-state index contributed by atoms with van der Waals surface area (Å²) in [5.74, 6) is 0. The van der Waals surface area contributed by atoms with Crippen molar-refractivity contribution in [2.24, 2.45) is 7.05 Å². The Bertz CT molecular complexity index is 574. The third-order valence-corrected chi connectivity index (χ3v) is 5.24. The number of hydrogen-bond acceptors (Lipinski definition) is 3. The van der Waals surface area contributed by atoms with E-state index in [0.29, 0.717) is 6.04 Å². The largest absolute Gasteiger partial charge is 0.312 e. The van der Waals surface area contributed by atoms with Crippen LogP contribution >= 0.6 is 22.9 Å². The minimum atomic E-state index is 0.294. The van der Waals surface area contributed by atoms with Gasteiger partial charge in [0.1, 0.15) is 0 Å². The van der Waals surface area contributed by atoms with Crippen molar-refractivity contribution in [3.05, 3.63) is 38.3 Å². The van der Waals surface area contributed by atoms with Crippen molar-refractivity contribution in [3.8, 4) is 0 Å². The molecule has 0 aliphatic rings. The highest BCUT2D eigenvalue weighted by atomic mass is 35.5. The fraction of sp³-hybridized carbons (Fsp3) is 0.533. The molecule has 0 saturated carbocycles. The van der Waals surface area contributed by atoms with Gasteiger partial charge in [-0.3, -0.25) is 4.68 Å². The highest BCUT2D eigenvalue weighted by Gasteiger charge is 2.20. The van der Waals surface area contributed by atoms with Gasteiger partial charge in [-0.15, -0.1) is 11.3 Å². The molecule has 0 aromatic carbocycles. The molecule has 0 aliphatic carbocycles. The molecule has 2 aromatic rings. The van der Waals surface area contributed by atoms with Crippen molar-refractivity contribution < 1.29 is 0 Å². The summed E-state index contributed by atoms with van der Waals surface area (Å²) in [4.78, 5) is 1.41. The van der Waals surface area contributed by atoms with Gasteiger partial charge < -0.3 is 5.32 Å². The molecule has 1 unspecified atom stereocenters. The van der Waals surface area contributed by atoms with Crippen LogP contribution in [-0.2, 0) is 26.3 Å². The SMILES string of the molecule is CCc1ccsc1C(Cc1c(Cl)c(CC)nn1C)NC. The van der Waals surface area contributed by atoms with Crippen LogP contribution in [0.1, 0.15) is 41.7 Å². The Kier molecular flexibility index (Phi) is 5.24. The number of aryl methyl sites for hydroxylation is 3. The third-order valence-electron chi connectivity index (χ3n) is 3.73. The van der Waals surface area contributed by atoms with E-state index in [1.807, 2.05) is 30.1 Å². The summed E-state index contributed by atoms with van der Waals surface area (Å²) in [6.07, 6.45) is 2.80. The fourth-order valence-electron chi connectivity index (χ4n) is 2.51. The molecule has 2 rings (SSSR count). The first-order valence-corrected chi connectivity index (χ1v) is 8.31. The number of nitrogens with one attached hydrogen (secondary N) is 1. The van der Waals surface area contributed by atoms with E-state index in [0.717, 1.165) is 35.7 Å². The lowest BCUT2D eigenvalue weighted by atomic mass is 10.0. The highest BCUT2D eigenvalue weighted by molar-refractivity contribution is 7.10. The van der Waals surface area contributed by atoms with E-state index in [-0.39, 0.29) is 0 Å². The summed E-state index contributed by atoms with van der Waals surface area (Å²) in [6.45, 7) is 4.28. The molecule has 0 bridgehead atoms. The van der Waals surface area contributed by atoms with Crippen LogP contribution in [0, 0.1) is 0 Å². The molecule has 0 radical (unpaired) electrons. The van der Waals surface area contributed by atoms with Gasteiger partial charge in [0, 0.05) is 24.4 Å². The van der Waals surface area contributed by atoms with Gasteiger partial charge in [0.25, 0.3) is 0 Å². The second kappa shape index (κ2) is 6.74. The molecular weight excluding hydrogens is 290 g/mol. The van der Waals surface area contributed by atoms with Crippen LogP contribution in [-0.4, -0.2) is 16.8 Å². The van der Waals surface area contributed by atoms with Crippen LogP contribution in [0.3, 0.4) is 0 Å². The lowest BCUT2D eigenvalue weighted by Crippen LogP contribution is -2.20. The Morgan fingerprint density at radius 1 is 1.40 bits per heavy atom. The van der Waals surface area contributed by atoms with Crippen LogP contribution in [0.2, 0.25) is 5.02 Å². The minimum absolute atomic E-state index is 0.294. The molecule has 0 aliphatic heterocycles. The summed E-state index contributed by atoms with van der Waals surface area (Å²) in [5.41, 5.74) is 3.52. The van der Waals surface area contributed by atoms with E-state index in [2.05, 4.69) is 35.7 Å². The molecule has 20 heavy (non-hydrogen) atoms. The van der Waals surface area contributed by atoms with Crippen LogP contribution in [0.15, 0.2) is 11.4 Å². The maximum absolute atomic E-state index is 6.46. The van der Waals surface area contributed by atoms with Crippen molar-refractivity contribution in [1.82, 2.24) is 15.1 Å². The molecule has 2 aromatic heterocycles.